The van der Waals surface area contributed by atoms with Crippen molar-refractivity contribution in [2.24, 2.45) is 0 Å². The van der Waals surface area contributed by atoms with Crippen LogP contribution in [0.2, 0.25) is 0 Å². The van der Waals surface area contributed by atoms with Crippen LogP contribution in [0.25, 0.3) is 0 Å². The van der Waals surface area contributed by atoms with Crippen LogP contribution in [-0.2, 0) is 0 Å². The summed E-state index contributed by atoms with van der Waals surface area (Å²) in [6.45, 7) is 0. The molecule has 0 atom stereocenters. The predicted molar refractivity (Wildman–Crippen MR) is 66.0 cm³/mol. The highest BCUT2D eigenvalue weighted by Crippen LogP contribution is 2.29. The van der Waals surface area contributed by atoms with E-state index in [1.54, 1.807) is 13.2 Å². The number of methoxy groups -OCH3 is 1. The van der Waals surface area contributed by atoms with E-state index in [2.05, 4.69) is 31.2 Å². The van der Waals surface area contributed by atoms with Gasteiger partial charge in [-0.2, -0.15) is 4.39 Å². The molecule has 1 N–H and O–H groups in total. The topological polar surface area (TPSA) is 47.0 Å². The molecule has 4 nitrogen and oxygen atoms in total. The molecule has 0 saturated heterocycles. The Hall–Kier alpha value is -1.69. The highest BCUT2D eigenvalue weighted by Gasteiger charge is 2.04. The van der Waals surface area contributed by atoms with Gasteiger partial charge in [0, 0.05) is 16.6 Å². The summed E-state index contributed by atoms with van der Waals surface area (Å²) < 4.78 is 18.8. The van der Waals surface area contributed by atoms with Crippen molar-refractivity contribution in [1.29, 1.82) is 0 Å². The maximum Gasteiger partial charge on any atom is 0.218 e. The van der Waals surface area contributed by atoms with Crippen molar-refractivity contribution in [2.45, 2.75) is 0 Å². The quantitative estimate of drug-likeness (QED) is 0.884. The average Bonchev–Trinajstić information content (AvgIpc) is 2.32. The third-order valence-corrected chi connectivity index (χ3v) is 2.76. The number of hydrogen-bond acceptors (Lipinski definition) is 4. The summed E-state index contributed by atoms with van der Waals surface area (Å²) in [5, 5.41) is 2.97. The van der Waals surface area contributed by atoms with E-state index in [1.165, 1.54) is 6.07 Å². The first-order chi connectivity index (χ1) is 8.19. The van der Waals surface area contributed by atoms with Crippen molar-refractivity contribution < 1.29 is 9.13 Å². The molecule has 1 heterocycles. The maximum absolute atomic E-state index is 12.9. The minimum Gasteiger partial charge on any atom is -0.497 e. The van der Waals surface area contributed by atoms with Gasteiger partial charge in [0.05, 0.1) is 12.8 Å². The molecule has 0 aliphatic rings. The zero-order valence-electron chi connectivity index (χ0n) is 8.95. The number of anilines is 2. The normalized spacial score (nSPS) is 10.1. The smallest absolute Gasteiger partial charge is 0.218 e. The van der Waals surface area contributed by atoms with Crippen molar-refractivity contribution in [3.63, 3.8) is 0 Å². The number of nitrogens with one attached hydrogen (secondary N) is 1. The van der Waals surface area contributed by atoms with Crippen molar-refractivity contribution in [3.8, 4) is 5.75 Å². The van der Waals surface area contributed by atoms with Crippen LogP contribution >= 0.6 is 15.9 Å². The van der Waals surface area contributed by atoms with E-state index in [0.717, 1.165) is 16.5 Å². The van der Waals surface area contributed by atoms with Gasteiger partial charge in [0.2, 0.25) is 5.95 Å². The van der Waals surface area contributed by atoms with E-state index < -0.39 is 5.95 Å². The second-order valence-electron chi connectivity index (χ2n) is 3.20. The SMILES string of the molecule is COc1ccc(Br)c(Nc2cc(F)ncn2)c1. The van der Waals surface area contributed by atoms with Gasteiger partial charge in [-0.15, -0.1) is 0 Å². The lowest BCUT2D eigenvalue weighted by molar-refractivity contribution is 0.415. The van der Waals surface area contributed by atoms with Gasteiger partial charge in [0.1, 0.15) is 17.9 Å². The molecule has 2 rings (SSSR count). The second kappa shape index (κ2) is 5.09. The van der Waals surface area contributed by atoms with E-state index >= 15 is 0 Å². The maximum atomic E-state index is 12.9. The standard InChI is InChI=1S/C11H9BrFN3O/c1-17-7-2-3-8(12)9(4-7)16-11-5-10(13)14-6-15-11/h2-6H,1H3,(H,14,15,16). The highest BCUT2D eigenvalue weighted by atomic mass is 79.9. The number of hydrogen-bond donors (Lipinski definition) is 1. The molecule has 0 aliphatic carbocycles. The zero-order valence-corrected chi connectivity index (χ0v) is 10.5. The largest absolute Gasteiger partial charge is 0.497 e. The Labute approximate surface area is 106 Å². The first kappa shape index (κ1) is 11.8. The molecule has 0 saturated carbocycles. The van der Waals surface area contributed by atoms with Crippen LogP contribution in [0.4, 0.5) is 15.9 Å². The monoisotopic (exact) mass is 297 g/mol. The van der Waals surface area contributed by atoms with E-state index in [4.69, 9.17) is 4.74 Å². The molecule has 1 aromatic heterocycles. The van der Waals surface area contributed by atoms with E-state index in [0.29, 0.717) is 11.6 Å². The molecule has 6 heteroatoms. The van der Waals surface area contributed by atoms with Gasteiger partial charge < -0.3 is 10.1 Å². The van der Waals surface area contributed by atoms with Gasteiger partial charge in [-0.3, -0.25) is 0 Å². The molecule has 0 fully saturated rings. The Morgan fingerprint density at radius 2 is 2.12 bits per heavy atom. The lowest BCUT2D eigenvalue weighted by Gasteiger charge is -2.09. The summed E-state index contributed by atoms with van der Waals surface area (Å²) in [5.41, 5.74) is 0.738. The average molecular weight is 298 g/mol. The summed E-state index contributed by atoms with van der Waals surface area (Å²) in [6, 6.07) is 6.64. The number of rotatable bonds is 3. The minimum atomic E-state index is -0.582. The lowest BCUT2D eigenvalue weighted by Crippen LogP contribution is -1.97. The number of nitrogens with zero attached hydrogens (tertiary/aromatic N) is 2. The fraction of sp³-hybridized carbons (Fsp3) is 0.0909. The van der Waals surface area contributed by atoms with E-state index in [9.17, 15) is 4.39 Å². The fourth-order valence-electron chi connectivity index (χ4n) is 1.27. The molecule has 88 valence electrons. The van der Waals surface area contributed by atoms with Gasteiger partial charge in [0.25, 0.3) is 0 Å². The van der Waals surface area contributed by atoms with Gasteiger partial charge in [-0.25, -0.2) is 9.97 Å². The van der Waals surface area contributed by atoms with Crippen LogP contribution in [0.1, 0.15) is 0 Å². The minimum absolute atomic E-state index is 0.381. The van der Waals surface area contributed by atoms with Crippen molar-refractivity contribution in [3.05, 3.63) is 41.0 Å². The third kappa shape index (κ3) is 2.91. The molecule has 0 amide bonds. The summed E-state index contributed by atoms with van der Waals surface area (Å²) in [7, 11) is 1.58. The summed E-state index contributed by atoms with van der Waals surface area (Å²) >= 11 is 3.38. The Kier molecular flexibility index (Phi) is 3.53. The summed E-state index contributed by atoms with van der Waals surface area (Å²) in [6.07, 6.45) is 1.16. The number of halogens is 2. The summed E-state index contributed by atoms with van der Waals surface area (Å²) in [5.74, 6) is 0.498. The molecule has 2 aromatic rings. The van der Waals surface area contributed by atoms with Crippen LogP contribution < -0.4 is 10.1 Å². The molecule has 1 aromatic carbocycles. The van der Waals surface area contributed by atoms with E-state index in [1.807, 2.05) is 12.1 Å². The first-order valence-electron chi connectivity index (χ1n) is 4.77. The van der Waals surface area contributed by atoms with Crippen molar-refractivity contribution >= 4 is 27.4 Å². The Bertz CT molecular complexity index is 536. The third-order valence-electron chi connectivity index (χ3n) is 2.07. The zero-order chi connectivity index (χ0) is 12.3. The summed E-state index contributed by atoms with van der Waals surface area (Å²) in [4.78, 5) is 7.29. The van der Waals surface area contributed by atoms with Crippen LogP contribution in [0.3, 0.4) is 0 Å². The van der Waals surface area contributed by atoms with E-state index in [-0.39, 0.29) is 0 Å². The van der Waals surface area contributed by atoms with Gasteiger partial charge in [-0.05, 0) is 28.1 Å². The van der Waals surface area contributed by atoms with Crippen LogP contribution in [0.15, 0.2) is 35.1 Å². The molecule has 0 aliphatic heterocycles. The predicted octanol–water partition coefficient (Wildman–Crippen LogP) is 3.13. The van der Waals surface area contributed by atoms with Crippen LogP contribution in [0.5, 0.6) is 5.75 Å². The van der Waals surface area contributed by atoms with Gasteiger partial charge in [0.15, 0.2) is 0 Å². The molecule has 0 unspecified atom stereocenters. The van der Waals surface area contributed by atoms with Crippen LogP contribution in [-0.4, -0.2) is 17.1 Å². The number of benzene rings is 1. The Morgan fingerprint density at radius 3 is 2.82 bits per heavy atom. The lowest BCUT2D eigenvalue weighted by atomic mass is 10.3. The Morgan fingerprint density at radius 1 is 1.29 bits per heavy atom. The molecular weight excluding hydrogens is 289 g/mol. The Balaban J connectivity index is 2.29. The fourth-order valence-corrected chi connectivity index (χ4v) is 1.61. The molecule has 17 heavy (non-hydrogen) atoms. The first-order valence-corrected chi connectivity index (χ1v) is 5.56. The number of ether oxygens (including phenoxy) is 1. The van der Waals surface area contributed by atoms with Gasteiger partial charge >= 0.3 is 0 Å². The second-order valence-corrected chi connectivity index (χ2v) is 4.05. The van der Waals surface area contributed by atoms with Crippen molar-refractivity contribution in [2.75, 3.05) is 12.4 Å². The number of aromatic nitrogens is 2. The molecule has 0 spiro atoms. The van der Waals surface area contributed by atoms with Gasteiger partial charge in [-0.1, -0.05) is 0 Å². The molecule has 0 radical (unpaired) electrons. The molecule has 0 bridgehead atoms. The molecular formula is C11H9BrFN3O. The van der Waals surface area contributed by atoms with Crippen molar-refractivity contribution in [1.82, 2.24) is 9.97 Å². The highest BCUT2D eigenvalue weighted by molar-refractivity contribution is 9.10. The van der Waals surface area contributed by atoms with Crippen LogP contribution in [0, 0.1) is 5.95 Å².